The highest BCUT2D eigenvalue weighted by molar-refractivity contribution is 5.94. The van der Waals surface area contributed by atoms with Gasteiger partial charge in [-0.1, -0.05) is 0 Å². The van der Waals surface area contributed by atoms with E-state index in [1.807, 2.05) is 6.07 Å². The number of aromatic nitrogens is 2. The number of carbonyl (C=O) groups is 1. The smallest absolute Gasteiger partial charge is 0.270 e. The number of H-pyrrole nitrogens is 1. The number of amides is 1. The van der Waals surface area contributed by atoms with Crippen LogP contribution in [-0.2, 0) is 4.74 Å². The predicted molar refractivity (Wildman–Crippen MR) is 54.6 cm³/mol. The molecule has 1 aliphatic rings. The Labute approximate surface area is 92.6 Å². The van der Waals surface area contributed by atoms with Crippen LogP contribution in [0, 0.1) is 11.3 Å². The van der Waals surface area contributed by atoms with Crippen LogP contribution >= 0.6 is 0 Å². The van der Waals surface area contributed by atoms with E-state index in [0.717, 1.165) is 19.4 Å². The molecule has 0 saturated carbocycles. The third-order valence-electron chi connectivity index (χ3n) is 2.50. The van der Waals surface area contributed by atoms with E-state index in [-0.39, 0.29) is 23.3 Å². The molecule has 1 aromatic rings. The molecule has 2 N–H and O–H groups in total. The number of aromatic amines is 1. The van der Waals surface area contributed by atoms with E-state index in [4.69, 9.17) is 10.00 Å². The average Bonchev–Trinajstić information content (AvgIpc) is 2.96. The zero-order chi connectivity index (χ0) is 11.4. The summed E-state index contributed by atoms with van der Waals surface area (Å²) in [5, 5.41) is 17.6. The highest BCUT2D eigenvalue weighted by atomic mass is 16.5. The third-order valence-corrected chi connectivity index (χ3v) is 2.50. The molecule has 1 saturated heterocycles. The molecule has 84 valence electrons. The minimum absolute atomic E-state index is 0.0948. The van der Waals surface area contributed by atoms with Gasteiger partial charge in [-0.25, -0.2) is 0 Å². The Morgan fingerprint density at radius 3 is 3.38 bits per heavy atom. The third kappa shape index (κ3) is 2.20. The largest absolute Gasteiger partial charge is 0.376 e. The molecule has 0 spiro atoms. The van der Waals surface area contributed by atoms with Gasteiger partial charge in [-0.05, 0) is 12.8 Å². The van der Waals surface area contributed by atoms with E-state index in [1.54, 1.807) is 0 Å². The van der Waals surface area contributed by atoms with Crippen molar-refractivity contribution in [1.82, 2.24) is 15.5 Å². The summed E-state index contributed by atoms with van der Waals surface area (Å²) in [4.78, 5) is 11.7. The van der Waals surface area contributed by atoms with Gasteiger partial charge in [-0.3, -0.25) is 9.89 Å². The fraction of sp³-hybridized carbons (Fsp3) is 0.500. The lowest BCUT2D eigenvalue weighted by Gasteiger charge is -2.09. The van der Waals surface area contributed by atoms with E-state index in [1.165, 1.54) is 6.20 Å². The van der Waals surface area contributed by atoms with Crippen LogP contribution in [0.1, 0.15) is 28.9 Å². The Balaban J connectivity index is 1.90. The molecule has 1 fully saturated rings. The van der Waals surface area contributed by atoms with Crippen LogP contribution in [0.4, 0.5) is 0 Å². The number of ether oxygens (including phenoxy) is 1. The molecule has 1 unspecified atom stereocenters. The molecule has 2 heterocycles. The first kappa shape index (κ1) is 10.6. The Morgan fingerprint density at radius 2 is 2.69 bits per heavy atom. The molecule has 0 aliphatic carbocycles. The zero-order valence-electron chi connectivity index (χ0n) is 8.69. The first-order chi connectivity index (χ1) is 7.81. The van der Waals surface area contributed by atoms with Crippen molar-refractivity contribution in [1.29, 1.82) is 5.26 Å². The summed E-state index contributed by atoms with van der Waals surface area (Å²) < 4.78 is 5.37. The van der Waals surface area contributed by atoms with Crippen LogP contribution in [0.5, 0.6) is 0 Å². The molecule has 2 rings (SSSR count). The minimum atomic E-state index is -0.315. The quantitative estimate of drug-likeness (QED) is 0.760. The molecule has 6 nitrogen and oxygen atoms in total. The van der Waals surface area contributed by atoms with Crippen molar-refractivity contribution in [3.63, 3.8) is 0 Å². The lowest BCUT2D eigenvalue weighted by atomic mass is 10.2. The summed E-state index contributed by atoms with van der Waals surface area (Å²) in [6.07, 6.45) is 3.43. The molecule has 0 bridgehead atoms. The average molecular weight is 220 g/mol. The molecule has 0 aromatic carbocycles. The predicted octanol–water partition coefficient (Wildman–Crippen LogP) is 0.190. The summed E-state index contributed by atoms with van der Waals surface area (Å²) in [5.74, 6) is -0.315. The summed E-state index contributed by atoms with van der Waals surface area (Å²) in [5.41, 5.74) is 0.463. The zero-order valence-corrected chi connectivity index (χ0v) is 8.69. The number of nitrogens with zero attached hydrogens (tertiary/aromatic N) is 2. The van der Waals surface area contributed by atoms with Gasteiger partial charge >= 0.3 is 0 Å². The lowest BCUT2D eigenvalue weighted by molar-refractivity contribution is 0.0853. The number of rotatable bonds is 3. The molecular weight excluding hydrogens is 208 g/mol. The van der Waals surface area contributed by atoms with Crippen LogP contribution in [0.2, 0.25) is 0 Å². The van der Waals surface area contributed by atoms with E-state index in [2.05, 4.69) is 15.5 Å². The van der Waals surface area contributed by atoms with E-state index in [0.29, 0.717) is 6.54 Å². The van der Waals surface area contributed by atoms with Crippen LogP contribution in [0.25, 0.3) is 0 Å². The molecular formula is C10H12N4O2. The maximum absolute atomic E-state index is 11.7. The lowest BCUT2D eigenvalue weighted by Crippen LogP contribution is -2.32. The maximum Gasteiger partial charge on any atom is 0.270 e. The highest BCUT2D eigenvalue weighted by Crippen LogP contribution is 2.11. The Hall–Kier alpha value is -1.87. The van der Waals surface area contributed by atoms with Gasteiger partial charge in [0.25, 0.3) is 5.91 Å². The SMILES string of the molecule is N#Cc1cn[nH]c1C(=O)NCC1CCCO1. The van der Waals surface area contributed by atoms with Crippen LogP contribution in [0.3, 0.4) is 0 Å². The van der Waals surface area contributed by atoms with Gasteiger partial charge in [-0.15, -0.1) is 0 Å². The van der Waals surface area contributed by atoms with Crippen LogP contribution in [-0.4, -0.2) is 35.4 Å². The van der Waals surface area contributed by atoms with Gasteiger partial charge in [0.05, 0.1) is 12.3 Å². The molecule has 6 heteroatoms. The molecule has 16 heavy (non-hydrogen) atoms. The maximum atomic E-state index is 11.7. The molecule has 1 atom stereocenters. The van der Waals surface area contributed by atoms with Crippen molar-refractivity contribution < 1.29 is 9.53 Å². The highest BCUT2D eigenvalue weighted by Gasteiger charge is 2.18. The standard InChI is InChI=1S/C10H12N4O2/c11-4-7-5-13-14-9(7)10(15)12-6-8-2-1-3-16-8/h5,8H,1-3,6H2,(H,12,15)(H,13,14). The molecule has 1 aromatic heterocycles. The van der Waals surface area contributed by atoms with Crippen LogP contribution < -0.4 is 5.32 Å². The molecule has 1 aliphatic heterocycles. The van der Waals surface area contributed by atoms with Crippen molar-refractivity contribution in [2.24, 2.45) is 0 Å². The van der Waals surface area contributed by atoms with Gasteiger partial charge in [0.15, 0.2) is 0 Å². The number of hydrogen-bond acceptors (Lipinski definition) is 4. The van der Waals surface area contributed by atoms with E-state index in [9.17, 15) is 4.79 Å². The van der Waals surface area contributed by atoms with Crippen molar-refractivity contribution in [3.8, 4) is 6.07 Å². The number of hydrogen-bond donors (Lipinski definition) is 2. The van der Waals surface area contributed by atoms with E-state index >= 15 is 0 Å². The van der Waals surface area contributed by atoms with Gasteiger partial charge in [-0.2, -0.15) is 10.4 Å². The number of carbonyl (C=O) groups excluding carboxylic acids is 1. The summed E-state index contributed by atoms with van der Waals surface area (Å²) >= 11 is 0. The second kappa shape index (κ2) is 4.77. The van der Waals surface area contributed by atoms with Gasteiger partial charge in [0.1, 0.15) is 17.3 Å². The molecule has 0 radical (unpaired) electrons. The Bertz CT molecular complexity index is 415. The first-order valence-electron chi connectivity index (χ1n) is 5.14. The van der Waals surface area contributed by atoms with Crippen LogP contribution in [0.15, 0.2) is 6.20 Å². The van der Waals surface area contributed by atoms with Gasteiger partial charge in [0, 0.05) is 13.2 Å². The second-order valence-corrected chi connectivity index (χ2v) is 3.62. The fourth-order valence-electron chi connectivity index (χ4n) is 1.64. The topological polar surface area (TPSA) is 90.8 Å². The monoisotopic (exact) mass is 220 g/mol. The molecule has 1 amide bonds. The van der Waals surface area contributed by atoms with Crippen molar-refractivity contribution >= 4 is 5.91 Å². The second-order valence-electron chi connectivity index (χ2n) is 3.62. The summed E-state index contributed by atoms with van der Waals surface area (Å²) in [6.45, 7) is 1.23. The van der Waals surface area contributed by atoms with E-state index < -0.39 is 0 Å². The number of nitriles is 1. The fourth-order valence-corrected chi connectivity index (χ4v) is 1.64. The van der Waals surface area contributed by atoms with Gasteiger partial charge in [0.2, 0.25) is 0 Å². The first-order valence-corrected chi connectivity index (χ1v) is 5.14. The Morgan fingerprint density at radius 1 is 1.81 bits per heavy atom. The minimum Gasteiger partial charge on any atom is -0.376 e. The number of nitrogens with one attached hydrogen (secondary N) is 2. The van der Waals surface area contributed by atoms with Gasteiger partial charge < -0.3 is 10.1 Å². The normalized spacial score (nSPS) is 19.3. The summed E-state index contributed by atoms with van der Waals surface area (Å²) in [6, 6.07) is 1.90. The summed E-state index contributed by atoms with van der Waals surface area (Å²) in [7, 11) is 0. The van der Waals surface area contributed by atoms with Crippen molar-refractivity contribution in [2.75, 3.05) is 13.2 Å². The Kier molecular flexibility index (Phi) is 3.17. The van der Waals surface area contributed by atoms with Crippen molar-refractivity contribution in [3.05, 3.63) is 17.5 Å². The van der Waals surface area contributed by atoms with Crippen molar-refractivity contribution in [2.45, 2.75) is 18.9 Å².